The Labute approximate surface area is 158 Å². The van der Waals surface area contributed by atoms with Crippen molar-refractivity contribution >= 4 is 22.6 Å². The van der Waals surface area contributed by atoms with Crippen LogP contribution in [0.25, 0.3) is 16.7 Å². The molecule has 3 N–H and O–H groups in total. The van der Waals surface area contributed by atoms with Gasteiger partial charge in [-0.2, -0.15) is 5.10 Å². The molecule has 4 aromatic rings. The Balaban J connectivity index is 1.76. The van der Waals surface area contributed by atoms with Gasteiger partial charge >= 0.3 is 0 Å². The zero-order chi connectivity index (χ0) is 19.8. The van der Waals surface area contributed by atoms with Crippen molar-refractivity contribution in [1.82, 2.24) is 14.8 Å². The molecule has 0 bridgehead atoms. The van der Waals surface area contributed by atoms with Gasteiger partial charge in [-0.1, -0.05) is 17.7 Å². The van der Waals surface area contributed by atoms with Crippen LogP contribution in [0.1, 0.15) is 15.9 Å². The lowest BCUT2D eigenvalue weighted by atomic mass is 10.2. The molecule has 0 saturated heterocycles. The standard InChI is InChI=1S/C20H15FN4O3/c1-11-2-8-14(9-3-11)25-18-15(10-22-25)17(26)16(20(28)24-18)19(27)23-13-6-4-12(21)5-7-13/h2-10H,1H3,(H,23,27)(H2,24,26,28). The number of hydrogen-bond donors (Lipinski definition) is 3. The van der Waals surface area contributed by atoms with Crippen LogP contribution in [0, 0.1) is 12.7 Å². The predicted molar refractivity (Wildman–Crippen MR) is 102 cm³/mol. The maximum Gasteiger partial charge on any atom is 0.266 e. The minimum absolute atomic E-state index is 0.226. The molecule has 2 heterocycles. The van der Waals surface area contributed by atoms with Gasteiger partial charge in [-0.25, -0.2) is 9.07 Å². The maximum absolute atomic E-state index is 13.0. The third kappa shape index (κ3) is 3.01. The Morgan fingerprint density at radius 1 is 1.14 bits per heavy atom. The van der Waals surface area contributed by atoms with E-state index in [-0.39, 0.29) is 11.0 Å². The lowest BCUT2D eigenvalue weighted by molar-refractivity contribution is 0.102. The molecule has 0 aliphatic rings. The minimum Gasteiger partial charge on any atom is -0.506 e. The number of halogens is 1. The lowest BCUT2D eigenvalue weighted by Gasteiger charge is -2.08. The number of aromatic amines is 1. The Morgan fingerprint density at radius 3 is 2.50 bits per heavy atom. The molecule has 7 nitrogen and oxygen atoms in total. The molecule has 0 fully saturated rings. The molecule has 140 valence electrons. The Morgan fingerprint density at radius 2 is 1.82 bits per heavy atom. The number of aromatic nitrogens is 3. The number of amides is 1. The third-order valence-electron chi connectivity index (χ3n) is 4.33. The first-order valence-corrected chi connectivity index (χ1v) is 8.41. The number of carbonyl (C=O) groups is 1. The van der Waals surface area contributed by atoms with E-state index in [1.54, 1.807) is 0 Å². The van der Waals surface area contributed by atoms with Crippen molar-refractivity contribution in [1.29, 1.82) is 0 Å². The Bertz CT molecular complexity index is 1240. The van der Waals surface area contributed by atoms with Crippen molar-refractivity contribution < 1.29 is 14.3 Å². The molecular formula is C20H15FN4O3. The number of carbonyl (C=O) groups excluding carboxylic acids is 1. The lowest BCUT2D eigenvalue weighted by Crippen LogP contribution is -2.23. The maximum atomic E-state index is 13.0. The molecule has 28 heavy (non-hydrogen) atoms. The fourth-order valence-corrected chi connectivity index (χ4v) is 2.87. The summed E-state index contributed by atoms with van der Waals surface area (Å²) in [6.45, 7) is 1.95. The molecule has 8 heteroatoms. The summed E-state index contributed by atoms with van der Waals surface area (Å²) in [6.07, 6.45) is 1.37. The number of H-pyrrole nitrogens is 1. The van der Waals surface area contributed by atoms with Crippen molar-refractivity contribution in [2.75, 3.05) is 5.32 Å². The molecule has 0 aliphatic heterocycles. The number of benzene rings is 2. The van der Waals surface area contributed by atoms with Gasteiger partial charge < -0.3 is 15.4 Å². The van der Waals surface area contributed by atoms with E-state index >= 15 is 0 Å². The number of nitrogens with one attached hydrogen (secondary N) is 2. The third-order valence-corrected chi connectivity index (χ3v) is 4.33. The zero-order valence-corrected chi connectivity index (χ0v) is 14.7. The predicted octanol–water partition coefficient (Wildman–Crippen LogP) is 3.12. The summed E-state index contributed by atoms with van der Waals surface area (Å²) in [4.78, 5) is 27.6. The second-order valence-electron chi connectivity index (χ2n) is 6.29. The summed E-state index contributed by atoms with van der Waals surface area (Å²) in [5.74, 6) is -1.74. The van der Waals surface area contributed by atoms with Crippen molar-refractivity contribution in [2.24, 2.45) is 0 Å². The summed E-state index contributed by atoms with van der Waals surface area (Å²) >= 11 is 0. The number of rotatable bonds is 3. The molecule has 1 amide bonds. The average molecular weight is 378 g/mol. The first-order valence-electron chi connectivity index (χ1n) is 8.41. The van der Waals surface area contributed by atoms with Gasteiger partial charge in [-0.05, 0) is 43.3 Å². The minimum atomic E-state index is -0.810. The van der Waals surface area contributed by atoms with Crippen LogP contribution in [-0.4, -0.2) is 25.8 Å². The largest absolute Gasteiger partial charge is 0.506 e. The molecule has 0 unspecified atom stereocenters. The van der Waals surface area contributed by atoms with Crippen molar-refractivity contribution in [2.45, 2.75) is 6.92 Å². The normalized spacial score (nSPS) is 10.9. The number of aromatic hydroxyl groups is 1. The summed E-state index contributed by atoms with van der Waals surface area (Å²) in [7, 11) is 0. The van der Waals surface area contributed by atoms with E-state index in [1.807, 2.05) is 31.2 Å². The molecule has 4 rings (SSSR count). The van der Waals surface area contributed by atoms with E-state index in [1.165, 1.54) is 35.1 Å². The highest BCUT2D eigenvalue weighted by Crippen LogP contribution is 2.27. The van der Waals surface area contributed by atoms with Crippen molar-refractivity contribution in [3.63, 3.8) is 0 Å². The van der Waals surface area contributed by atoms with Crippen LogP contribution in [0.2, 0.25) is 0 Å². The zero-order valence-electron chi connectivity index (χ0n) is 14.7. The molecule has 0 spiro atoms. The molecule has 0 saturated carbocycles. The van der Waals surface area contributed by atoms with E-state index in [0.29, 0.717) is 11.4 Å². The number of hydrogen-bond acceptors (Lipinski definition) is 4. The number of pyridine rings is 1. The van der Waals surface area contributed by atoms with Crippen LogP contribution in [0.3, 0.4) is 0 Å². The second-order valence-corrected chi connectivity index (χ2v) is 6.29. The topological polar surface area (TPSA) is 100 Å². The van der Waals surface area contributed by atoms with Crippen LogP contribution in [-0.2, 0) is 0 Å². The molecule has 2 aromatic heterocycles. The van der Waals surface area contributed by atoms with Gasteiger partial charge in [-0.15, -0.1) is 0 Å². The van der Waals surface area contributed by atoms with Gasteiger partial charge in [0.25, 0.3) is 11.5 Å². The van der Waals surface area contributed by atoms with E-state index in [0.717, 1.165) is 5.56 Å². The van der Waals surface area contributed by atoms with Gasteiger partial charge in [-0.3, -0.25) is 9.59 Å². The van der Waals surface area contributed by atoms with E-state index in [9.17, 15) is 19.1 Å². The SMILES string of the molecule is Cc1ccc(-n2ncc3c(O)c(C(=O)Nc4ccc(F)cc4)c(=O)[nH]c32)cc1. The molecule has 0 radical (unpaired) electrons. The quantitative estimate of drug-likeness (QED) is 0.510. The van der Waals surface area contributed by atoms with Crippen LogP contribution in [0.5, 0.6) is 5.75 Å². The molecule has 2 aromatic carbocycles. The molecule has 0 aliphatic carbocycles. The second kappa shape index (κ2) is 6.66. The van der Waals surface area contributed by atoms with Gasteiger partial charge in [0, 0.05) is 5.69 Å². The monoisotopic (exact) mass is 378 g/mol. The highest BCUT2D eigenvalue weighted by molar-refractivity contribution is 6.08. The van der Waals surface area contributed by atoms with Crippen LogP contribution < -0.4 is 10.9 Å². The van der Waals surface area contributed by atoms with Crippen molar-refractivity contribution in [3.8, 4) is 11.4 Å². The number of anilines is 1. The van der Waals surface area contributed by atoms with E-state index in [2.05, 4.69) is 15.4 Å². The van der Waals surface area contributed by atoms with Crippen LogP contribution >= 0.6 is 0 Å². The first-order chi connectivity index (χ1) is 13.4. The van der Waals surface area contributed by atoms with Crippen molar-refractivity contribution in [3.05, 3.63) is 82.0 Å². The van der Waals surface area contributed by atoms with Crippen LogP contribution in [0.15, 0.2) is 59.5 Å². The Hall–Kier alpha value is -3.94. The highest BCUT2D eigenvalue weighted by Gasteiger charge is 2.22. The smallest absolute Gasteiger partial charge is 0.266 e. The first kappa shape index (κ1) is 17.5. The molecular weight excluding hydrogens is 363 g/mol. The number of fused-ring (bicyclic) bond motifs is 1. The average Bonchev–Trinajstić information content (AvgIpc) is 3.08. The van der Waals surface area contributed by atoms with Gasteiger partial charge in [0.15, 0.2) is 0 Å². The van der Waals surface area contributed by atoms with E-state index < -0.39 is 28.6 Å². The number of aryl methyl sites for hydroxylation is 1. The summed E-state index contributed by atoms with van der Waals surface area (Å²) in [6, 6.07) is 12.5. The fraction of sp³-hybridized carbons (Fsp3) is 0.0500. The summed E-state index contributed by atoms with van der Waals surface area (Å²) in [5, 5.41) is 17.4. The van der Waals surface area contributed by atoms with E-state index in [4.69, 9.17) is 0 Å². The van der Waals surface area contributed by atoms with Gasteiger partial charge in [0.2, 0.25) is 0 Å². The molecule has 0 atom stereocenters. The van der Waals surface area contributed by atoms with Gasteiger partial charge in [0.1, 0.15) is 22.8 Å². The summed E-state index contributed by atoms with van der Waals surface area (Å²) < 4.78 is 14.5. The van der Waals surface area contributed by atoms with Gasteiger partial charge in [0.05, 0.1) is 17.3 Å². The highest BCUT2D eigenvalue weighted by atomic mass is 19.1. The fourth-order valence-electron chi connectivity index (χ4n) is 2.87. The number of nitrogens with zero attached hydrogens (tertiary/aromatic N) is 2. The Kier molecular flexibility index (Phi) is 4.15. The van der Waals surface area contributed by atoms with Crippen LogP contribution in [0.4, 0.5) is 10.1 Å². The summed E-state index contributed by atoms with van der Waals surface area (Å²) in [5.41, 5.74) is 1.11.